The average Bonchev–Trinajstić information content (AvgIpc) is 2.81. The highest BCUT2D eigenvalue weighted by molar-refractivity contribution is 7.12. The lowest BCUT2D eigenvalue weighted by molar-refractivity contribution is -0.139. The van der Waals surface area contributed by atoms with Gasteiger partial charge in [0.2, 0.25) is 0 Å². The molecule has 0 radical (unpaired) electrons. The number of methoxy groups -OCH3 is 1. The minimum Gasteiger partial charge on any atom is -0.496 e. The molecule has 0 spiro atoms. The molecular formula is C14H21NO4S. The van der Waals surface area contributed by atoms with Crippen LogP contribution in [0.1, 0.15) is 43.3 Å². The molecule has 1 heterocycles. The molecular weight excluding hydrogens is 278 g/mol. The summed E-state index contributed by atoms with van der Waals surface area (Å²) in [4.78, 5) is 23.7. The molecule has 0 saturated carbocycles. The van der Waals surface area contributed by atoms with Gasteiger partial charge in [0, 0.05) is 11.4 Å². The van der Waals surface area contributed by atoms with Crippen molar-refractivity contribution in [1.29, 1.82) is 0 Å². The number of rotatable bonds is 6. The smallest absolute Gasteiger partial charge is 0.326 e. The quantitative estimate of drug-likeness (QED) is 0.847. The summed E-state index contributed by atoms with van der Waals surface area (Å²) in [6, 6.07) is 0.734. The predicted molar refractivity (Wildman–Crippen MR) is 78.5 cm³/mol. The normalized spacial score (nSPS) is 12.8. The van der Waals surface area contributed by atoms with Gasteiger partial charge in [-0.2, -0.15) is 0 Å². The Morgan fingerprint density at radius 3 is 2.55 bits per heavy atom. The van der Waals surface area contributed by atoms with Crippen molar-refractivity contribution in [2.24, 2.45) is 5.41 Å². The van der Waals surface area contributed by atoms with Crippen LogP contribution in [0.2, 0.25) is 0 Å². The average molecular weight is 299 g/mol. The summed E-state index contributed by atoms with van der Waals surface area (Å²) in [5, 5.41) is 13.4. The molecule has 1 aromatic rings. The van der Waals surface area contributed by atoms with Crippen molar-refractivity contribution >= 4 is 23.2 Å². The summed E-state index contributed by atoms with van der Waals surface area (Å²) in [6.45, 7) is 6.12. The number of nitrogens with one attached hydrogen (secondary N) is 1. The van der Waals surface area contributed by atoms with E-state index in [1.54, 1.807) is 11.4 Å². The third kappa shape index (κ3) is 5.21. The van der Waals surface area contributed by atoms with Gasteiger partial charge >= 0.3 is 5.97 Å². The zero-order chi connectivity index (χ0) is 15.3. The van der Waals surface area contributed by atoms with Crippen LogP contribution in [0, 0.1) is 5.41 Å². The van der Waals surface area contributed by atoms with Crippen LogP contribution >= 0.6 is 11.3 Å². The summed E-state index contributed by atoms with van der Waals surface area (Å²) in [7, 11) is 1.52. The van der Waals surface area contributed by atoms with E-state index >= 15 is 0 Å². The Morgan fingerprint density at radius 2 is 2.10 bits per heavy atom. The highest BCUT2D eigenvalue weighted by Gasteiger charge is 2.23. The number of carbonyl (C=O) groups is 2. The molecule has 0 aliphatic carbocycles. The van der Waals surface area contributed by atoms with Gasteiger partial charge in [0.25, 0.3) is 5.91 Å². The van der Waals surface area contributed by atoms with Gasteiger partial charge in [0.1, 0.15) is 11.8 Å². The van der Waals surface area contributed by atoms with Gasteiger partial charge in [0.15, 0.2) is 0 Å². The molecule has 1 atom stereocenters. The van der Waals surface area contributed by atoms with E-state index < -0.39 is 12.0 Å². The lowest BCUT2D eigenvalue weighted by Crippen LogP contribution is -2.41. The van der Waals surface area contributed by atoms with Crippen LogP contribution in [0.5, 0.6) is 5.75 Å². The van der Waals surface area contributed by atoms with Crippen molar-refractivity contribution in [3.63, 3.8) is 0 Å². The first kappa shape index (κ1) is 16.5. The highest BCUT2D eigenvalue weighted by atomic mass is 32.1. The van der Waals surface area contributed by atoms with Crippen molar-refractivity contribution in [2.75, 3.05) is 7.11 Å². The number of carboxylic acid groups (broad SMARTS) is 1. The maximum Gasteiger partial charge on any atom is 0.326 e. The van der Waals surface area contributed by atoms with Crippen molar-refractivity contribution in [3.8, 4) is 5.75 Å². The molecule has 0 aliphatic rings. The second-order valence-corrected chi connectivity index (χ2v) is 6.73. The maximum absolute atomic E-state index is 12.0. The molecule has 1 aromatic heterocycles. The monoisotopic (exact) mass is 299 g/mol. The van der Waals surface area contributed by atoms with E-state index in [1.165, 1.54) is 18.4 Å². The first-order valence-electron chi connectivity index (χ1n) is 6.39. The molecule has 0 saturated heterocycles. The summed E-state index contributed by atoms with van der Waals surface area (Å²) in [5.74, 6) is -0.785. The molecule has 2 N–H and O–H groups in total. The number of ether oxygens (including phenoxy) is 1. The van der Waals surface area contributed by atoms with Crippen LogP contribution in [0.25, 0.3) is 0 Å². The molecule has 1 unspecified atom stereocenters. The zero-order valence-corrected chi connectivity index (χ0v) is 13.0. The Hall–Kier alpha value is -1.56. The van der Waals surface area contributed by atoms with Gasteiger partial charge < -0.3 is 15.2 Å². The van der Waals surface area contributed by atoms with E-state index in [2.05, 4.69) is 5.32 Å². The molecule has 0 fully saturated rings. The number of thiophene rings is 1. The van der Waals surface area contributed by atoms with Crippen molar-refractivity contribution < 1.29 is 19.4 Å². The van der Waals surface area contributed by atoms with E-state index in [1.807, 2.05) is 20.8 Å². The number of carboxylic acids is 1. The van der Waals surface area contributed by atoms with Gasteiger partial charge in [-0.25, -0.2) is 4.79 Å². The molecule has 0 bridgehead atoms. The molecule has 0 aromatic carbocycles. The summed E-state index contributed by atoms with van der Waals surface area (Å²) in [6.07, 6.45) is 1.13. The molecule has 20 heavy (non-hydrogen) atoms. The summed E-state index contributed by atoms with van der Waals surface area (Å²) < 4.78 is 5.00. The molecule has 112 valence electrons. The Labute approximate surface area is 123 Å². The molecule has 5 nitrogen and oxygen atoms in total. The van der Waals surface area contributed by atoms with Gasteiger partial charge in [-0.3, -0.25) is 4.79 Å². The Kier molecular flexibility index (Phi) is 5.56. The number of amides is 1. The fraction of sp³-hybridized carbons (Fsp3) is 0.571. The fourth-order valence-corrected chi connectivity index (χ4v) is 2.37. The van der Waals surface area contributed by atoms with E-state index in [4.69, 9.17) is 4.74 Å². The molecule has 1 amide bonds. The fourth-order valence-electron chi connectivity index (χ4n) is 1.61. The second kappa shape index (κ2) is 6.74. The Morgan fingerprint density at radius 1 is 1.45 bits per heavy atom. The van der Waals surface area contributed by atoms with Crippen LogP contribution < -0.4 is 10.1 Å². The third-order valence-electron chi connectivity index (χ3n) is 2.82. The molecule has 0 aliphatic heterocycles. The first-order chi connectivity index (χ1) is 9.23. The van der Waals surface area contributed by atoms with Crippen molar-refractivity contribution in [3.05, 3.63) is 16.3 Å². The van der Waals surface area contributed by atoms with Gasteiger partial charge in [-0.15, -0.1) is 11.3 Å². The van der Waals surface area contributed by atoms with Gasteiger partial charge in [-0.05, 0) is 18.3 Å². The number of aliphatic carboxylic acids is 1. The van der Waals surface area contributed by atoms with Gasteiger partial charge in [-0.1, -0.05) is 20.8 Å². The maximum atomic E-state index is 12.0. The largest absolute Gasteiger partial charge is 0.496 e. The SMILES string of the molecule is COc1csc(C(=O)NC(CCC(C)(C)C)C(=O)O)c1. The topological polar surface area (TPSA) is 75.6 Å². The van der Waals surface area contributed by atoms with Crippen LogP contribution in [-0.4, -0.2) is 30.1 Å². The molecule has 6 heteroatoms. The van der Waals surface area contributed by atoms with Crippen LogP contribution in [0.15, 0.2) is 11.4 Å². The summed E-state index contributed by atoms with van der Waals surface area (Å²) >= 11 is 1.23. The lowest BCUT2D eigenvalue weighted by Gasteiger charge is -2.21. The standard InChI is InChI=1S/C14H21NO4S/c1-14(2,3)6-5-10(13(17)18)15-12(16)11-7-9(19-4)8-20-11/h7-8,10H,5-6H2,1-4H3,(H,15,16)(H,17,18). The van der Waals surface area contributed by atoms with E-state index in [-0.39, 0.29) is 11.3 Å². The number of carbonyl (C=O) groups excluding carboxylic acids is 1. The first-order valence-corrected chi connectivity index (χ1v) is 7.27. The molecule has 1 rings (SSSR count). The lowest BCUT2D eigenvalue weighted by atomic mass is 9.88. The number of hydrogen-bond donors (Lipinski definition) is 2. The van der Waals surface area contributed by atoms with E-state index in [9.17, 15) is 14.7 Å². The minimum atomic E-state index is -1.01. The summed E-state index contributed by atoms with van der Waals surface area (Å²) in [5.41, 5.74) is 0.0323. The van der Waals surface area contributed by atoms with Gasteiger partial charge in [0.05, 0.1) is 12.0 Å². The van der Waals surface area contributed by atoms with Crippen molar-refractivity contribution in [1.82, 2.24) is 5.32 Å². The second-order valence-electron chi connectivity index (χ2n) is 5.81. The predicted octanol–water partition coefficient (Wildman–Crippen LogP) is 2.77. The third-order valence-corrected chi connectivity index (χ3v) is 3.73. The van der Waals surface area contributed by atoms with E-state index in [0.29, 0.717) is 17.0 Å². The highest BCUT2D eigenvalue weighted by Crippen LogP contribution is 2.23. The van der Waals surface area contributed by atoms with Crippen LogP contribution in [0.4, 0.5) is 0 Å². The number of hydrogen-bond acceptors (Lipinski definition) is 4. The van der Waals surface area contributed by atoms with Crippen LogP contribution in [-0.2, 0) is 4.79 Å². The van der Waals surface area contributed by atoms with E-state index in [0.717, 1.165) is 6.42 Å². The Bertz CT molecular complexity index is 476. The Balaban J connectivity index is 2.65. The minimum absolute atomic E-state index is 0.0323. The zero-order valence-electron chi connectivity index (χ0n) is 12.2. The van der Waals surface area contributed by atoms with Crippen LogP contribution in [0.3, 0.4) is 0 Å². The van der Waals surface area contributed by atoms with Crippen molar-refractivity contribution in [2.45, 2.75) is 39.7 Å².